The number of nitrogens with one attached hydrogen (secondary N) is 1. The van der Waals surface area contributed by atoms with Crippen molar-refractivity contribution in [2.45, 2.75) is 20.1 Å². The zero-order valence-corrected chi connectivity index (χ0v) is 16.1. The maximum Gasteiger partial charge on any atom is 0.387 e. The number of amides is 1. The Kier molecular flexibility index (Phi) is 8.01. The summed E-state index contributed by atoms with van der Waals surface area (Å²) < 4.78 is 39.9. The average molecular weight is 394 g/mol. The van der Waals surface area contributed by atoms with Crippen molar-refractivity contribution >= 4 is 11.6 Å². The lowest BCUT2D eigenvalue weighted by molar-refractivity contribution is -0.117. The van der Waals surface area contributed by atoms with Gasteiger partial charge in [-0.25, -0.2) is 0 Å². The van der Waals surface area contributed by atoms with Gasteiger partial charge in [-0.2, -0.15) is 8.78 Å². The molecule has 0 radical (unpaired) electrons. The molecule has 0 aliphatic rings. The van der Waals surface area contributed by atoms with E-state index in [2.05, 4.69) is 10.1 Å². The SMILES string of the molecule is CCOc1cc(CN(C)CC(=O)Nc2cccc(OC)c2)ccc1OC(F)F. The second-order valence-electron chi connectivity index (χ2n) is 6.05. The third-order valence-electron chi connectivity index (χ3n) is 3.74. The van der Waals surface area contributed by atoms with Crippen LogP contribution in [-0.2, 0) is 11.3 Å². The van der Waals surface area contributed by atoms with E-state index in [1.807, 2.05) is 0 Å². The van der Waals surface area contributed by atoms with E-state index in [9.17, 15) is 13.6 Å². The number of halogens is 2. The van der Waals surface area contributed by atoms with Crippen LogP contribution < -0.4 is 19.5 Å². The van der Waals surface area contributed by atoms with Gasteiger partial charge in [0.15, 0.2) is 11.5 Å². The fourth-order valence-corrected chi connectivity index (χ4v) is 2.63. The highest BCUT2D eigenvalue weighted by molar-refractivity contribution is 5.92. The summed E-state index contributed by atoms with van der Waals surface area (Å²) >= 11 is 0. The van der Waals surface area contributed by atoms with Crippen molar-refractivity contribution in [1.82, 2.24) is 4.90 Å². The van der Waals surface area contributed by atoms with Gasteiger partial charge in [0.2, 0.25) is 5.91 Å². The van der Waals surface area contributed by atoms with Gasteiger partial charge in [0.25, 0.3) is 0 Å². The van der Waals surface area contributed by atoms with Crippen LogP contribution in [0.15, 0.2) is 42.5 Å². The van der Waals surface area contributed by atoms with E-state index in [4.69, 9.17) is 9.47 Å². The molecule has 2 rings (SSSR count). The predicted molar refractivity (Wildman–Crippen MR) is 102 cm³/mol. The van der Waals surface area contributed by atoms with Crippen molar-refractivity contribution in [2.75, 3.05) is 32.6 Å². The Labute approximate surface area is 163 Å². The Morgan fingerprint density at radius 2 is 1.96 bits per heavy atom. The number of carbonyl (C=O) groups is 1. The number of carbonyl (C=O) groups excluding carboxylic acids is 1. The summed E-state index contributed by atoms with van der Waals surface area (Å²) in [6, 6.07) is 11.8. The highest BCUT2D eigenvalue weighted by atomic mass is 19.3. The molecule has 0 unspecified atom stereocenters. The summed E-state index contributed by atoms with van der Waals surface area (Å²) in [4.78, 5) is 14.0. The molecule has 0 bridgehead atoms. The lowest BCUT2D eigenvalue weighted by atomic mass is 10.2. The molecule has 0 atom stereocenters. The monoisotopic (exact) mass is 394 g/mol. The van der Waals surface area contributed by atoms with Gasteiger partial charge in [0.1, 0.15) is 5.75 Å². The normalized spacial score (nSPS) is 10.8. The first-order valence-corrected chi connectivity index (χ1v) is 8.74. The van der Waals surface area contributed by atoms with E-state index in [0.717, 1.165) is 5.56 Å². The number of nitrogens with zero attached hydrogens (tertiary/aromatic N) is 1. The Morgan fingerprint density at radius 1 is 1.18 bits per heavy atom. The molecular weight excluding hydrogens is 370 g/mol. The van der Waals surface area contributed by atoms with Crippen LogP contribution in [-0.4, -0.2) is 44.7 Å². The number of benzene rings is 2. The zero-order valence-electron chi connectivity index (χ0n) is 16.1. The fraction of sp³-hybridized carbons (Fsp3) is 0.350. The molecule has 0 aliphatic heterocycles. The lowest BCUT2D eigenvalue weighted by Gasteiger charge is -2.18. The molecule has 0 saturated heterocycles. The maximum absolute atomic E-state index is 12.5. The molecule has 0 aliphatic carbocycles. The molecule has 2 aromatic carbocycles. The predicted octanol–water partition coefficient (Wildman–Crippen LogP) is 3.77. The minimum absolute atomic E-state index is 0.0148. The molecule has 1 amide bonds. The first-order chi connectivity index (χ1) is 13.4. The lowest BCUT2D eigenvalue weighted by Crippen LogP contribution is -2.29. The first kappa shape index (κ1) is 21.4. The van der Waals surface area contributed by atoms with Crippen LogP contribution in [0.5, 0.6) is 17.2 Å². The Balaban J connectivity index is 1.96. The quantitative estimate of drug-likeness (QED) is 0.665. The number of alkyl halides is 2. The van der Waals surface area contributed by atoms with Gasteiger partial charge in [-0.05, 0) is 43.8 Å². The van der Waals surface area contributed by atoms with Crippen LogP contribution in [0.4, 0.5) is 14.5 Å². The summed E-state index contributed by atoms with van der Waals surface area (Å²) in [5.41, 5.74) is 1.45. The number of likely N-dealkylation sites (N-methyl/N-ethyl adjacent to an activating group) is 1. The van der Waals surface area contributed by atoms with Gasteiger partial charge >= 0.3 is 6.61 Å². The van der Waals surface area contributed by atoms with E-state index in [0.29, 0.717) is 24.6 Å². The molecule has 0 heterocycles. The highest BCUT2D eigenvalue weighted by Gasteiger charge is 2.13. The third kappa shape index (κ3) is 6.70. The maximum atomic E-state index is 12.5. The van der Waals surface area contributed by atoms with Gasteiger partial charge in [-0.1, -0.05) is 12.1 Å². The Morgan fingerprint density at radius 3 is 2.64 bits per heavy atom. The molecule has 28 heavy (non-hydrogen) atoms. The summed E-state index contributed by atoms with van der Waals surface area (Å²) in [6.45, 7) is -0.264. The van der Waals surface area contributed by atoms with Crippen molar-refractivity contribution < 1.29 is 27.8 Å². The average Bonchev–Trinajstić information content (AvgIpc) is 2.63. The number of ether oxygens (including phenoxy) is 3. The minimum Gasteiger partial charge on any atom is -0.497 e. The number of methoxy groups -OCH3 is 1. The van der Waals surface area contributed by atoms with Crippen molar-refractivity contribution in [1.29, 1.82) is 0 Å². The molecule has 0 fully saturated rings. The molecule has 0 spiro atoms. The zero-order chi connectivity index (χ0) is 20.5. The van der Waals surface area contributed by atoms with Gasteiger partial charge in [-0.15, -0.1) is 0 Å². The van der Waals surface area contributed by atoms with Gasteiger partial charge < -0.3 is 19.5 Å². The van der Waals surface area contributed by atoms with Crippen LogP contribution in [0, 0.1) is 0 Å². The smallest absolute Gasteiger partial charge is 0.387 e. The highest BCUT2D eigenvalue weighted by Crippen LogP contribution is 2.30. The number of hydrogen-bond acceptors (Lipinski definition) is 5. The molecule has 0 saturated carbocycles. The van der Waals surface area contributed by atoms with E-state index in [1.54, 1.807) is 62.4 Å². The van der Waals surface area contributed by atoms with Gasteiger partial charge in [-0.3, -0.25) is 9.69 Å². The van der Waals surface area contributed by atoms with Gasteiger partial charge in [0, 0.05) is 18.3 Å². The number of rotatable bonds is 10. The largest absolute Gasteiger partial charge is 0.497 e. The molecule has 8 heteroatoms. The summed E-state index contributed by atoms with van der Waals surface area (Å²) in [7, 11) is 3.35. The molecule has 2 aromatic rings. The second-order valence-corrected chi connectivity index (χ2v) is 6.05. The van der Waals surface area contributed by atoms with Crippen LogP contribution in [0.25, 0.3) is 0 Å². The van der Waals surface area contributed by atoms with Crippen LogP contribution in [0.2, 0.25) is 0 Å². The first-order valence-electron chi connectivity index (χ1n) is 8.74. The summed E-state index contributed by atoms with van der Waals surface area (Å²) in [5.74, 6) is 0.702. The van der Waals surface area contributed by atoms with Crippen molar-refractivity contribution in [3.8, 4) is 17.2 Å². The van der Waals surface area contributed by atoms with E-state index in [-0.39, 0.29) is 24.0 Å². The molecule has 6 nitrogen and oxygen atoms in total. The van der Waals surface area contributed by atoms with Crippen molar-refractivity contribution in [3.05, 3.63) is 48.0 Å². The van der Waals surface area contributed by atoms with E-state index >= 15 is 0 Å². The number of hydrogen-bond donors (Lipinski definition) is 1. The molecule has 1 N–H and O–H groups in total. The van der Waals surface area contributed by atoms with Crippen molar-refractivity contribution in [2.24, 2.45) is 0 Å². The Bertz CT molecular complexity index is 787. The molecule has 152 valence electrons. The van der Waals surface area contributed by atoms with Crippen molar-refractivity contribution in [3.63, 3.8) is 0 Å². The van der Waals surface area contributed by atoms with E-state index in [1.165, 1.54) is 6.07 Å². The number of anilines is 1. The van der Waals surface area contributed by atoms with Crippen LogP contribution >= 0.6 is 0 Å². The van der Waals surface area contributed by atoms with Gasteiger partial charge in [0.05, 0.1) is 20.3 Å². The molecule has 0 aromatic heterocycles. The fourth-order valence-electron chi connectivity index (χ4n) is 2.63. The summed E-state index contributed by atoms with van der Waals surface area (Å²) in [6.07, 6.45) is 0. The second kappa shape index (κ2) is 10.5. The third-order valence-corrected chi connectivity index (χ3v) is 3.74. The summed E-state index contributed by atoms with van der Waals surface area (Å²) in [5, 5.41) is 2.81. The topological polar surface area (TPSA) is 60.0 Å². The van der Waals surface area contributed by atoms with Crippen LogP contribution in [0.3, 0.4) is 0 Å². The molecular formula is C20H24F2N2O4. The van der Waals surface area contributed by atoms with E-state index < -0.39 is 6.61 Å². The standard InChI is InChI=1S/C20H24F2N2O4/c1-4-27-18-10-14(8-9-17(18)28-20(21)22)12-24(2)13-19(25)23-15-6-5-7-16(11-15)26-3/h5-11,20H,4,12-13H2,1-3H3,(H,23,25). The Hall–Kier alpha value is -2.87. The van der Waals surface area contributed by atoms with Crippen LogP contribution in [0.1, 0.15) is 12.5 Å². The minimum atomic E-state index is -2.92.